The van der Waals surface area contributed by atoms with Gasteiger partial charge in [0.1, 0.15) is 17.7 Å². The summed E-state index contributed by atoms with van der Waals surface area (Å²) >= 11 is 0. The first kappa shape index (κ1) is 16.8. The molecule has 0 aliphatic heterocycles. The molecule has 3 rings (SSSR count). The molecule has 0 aliphatic carbocycles. The first-order valence-corrected chi connectivity index (χ1v) is 7.56. The molecular weight excluding hydrogens is 328 g/mol. The molecule has 1 unspecified atom stereocenters. The molecule has 1 atom stereocenters. The summed E-state index contributed by atoms with van der Waals surface area (Å²) in [6.45, 7) is -0.308. The Bertz CT molecular complexity index is 844. The summed E-state index contributed by atoms with van der Waals surface area (Å²) in [5.41, 5.74) is 0.684. The van der Waals surface area contributed by atoms with Crippen LogP contribution in [0.3, 0.4) is 0 Å². The maximum absolute atomic E-state index is 13.6. The van der Waals surface area contributed by atoms with E-state index in [4.69, 9.17) is 0 Å². The van der Waals surface area contributed by atoms with Gasteiger partial charge in [0.05, 0.1) is 11.3 Å². The Kier molecular flexibility index (Phi) is 4.85. The van der Waals surface area contributed by atoms with Crippen LogP contribution >= 0.6 is 0 Å². The van der Waals surface area contributed by atoms with E-state index < -0.39 is 29.2 Å². The summed E-state index contributed by atoms with van der Waals surface area (Å²) in [5, 5.41) is 16.5. The highest BCUT2D eigenvalue weighted by atomic mass is 19.1. The zero-order valence-electron chi connectivity index (χ0n) is 13.1. The number of halogens is 2. The first-order valence-electron chi connectivity index (χ1n) is 7.56. The van der Waals surface area contributed by atoms with Crippen LogP contribution in [0.25, 0.3) is 5.69 Å². The molecule has 0 aliphatic rings. The number of aliphatic hydroxyl groups excluding tert-OH is 1. The second-order valence-corrected chi connectivity index (χ2v) is 5.36. The first-order chi connectivity index (χ1) is 12.1. The lowest BCUT2D eigenvalue weighted by molar-refractivity contribution is 0.0911. The zero-order valence-corrected chi connectivity index (χ0v) is 13.1. The lowest BCUT2D eigenvalue weighted by Crippen LogP contribution is -2.29. The fourth-order valence-electron chi connectivity index (χ4n) is 2.41. The van der Waals surface area contributed by atoms with Gasteiger partial charge in [0.2, 0.25) is 0 Å². The predicted octanol–water partition coefficient (Wildman–Crippen LogP) is 2.61. The second-order valence-electron chi connectivity index (χ2n) is 5.36. The molecule has 1 amide bonds. The number of amides is 1. The van der Waals surface area contributed by atoms with Crippen LogP contribution in [0.15, 0.2) is 60.9 Å². The Labute approximate surface area is 142 Å². The third-order valence-corrected chi connectivity index (χ3v) is 3.69. The van der Waals surface area contributed by atoms with Crippen molar-refractivity contribution < 1.29 is 18.7 Å². The third-order valence-electron chi connectivity index (χ3n) is 3.69. The second kappa shape index (κ2) is 7.23. The van der Waals surface area contributed by atoms with E-state index in [1.54, 1.807) is 47.4 Å². The largest absolute Gasteiger partial charge is 0.386 e. The topological polar surface area (TPSA) is 67.2 Å². The molecule has 2 N–H and O–H groups in total. The van der Waals surface area contributed by atoms with Gasteiger partial charge >= 0.3 is 0 Å². The number of rotatable bonds is 5. The third kappa shape index (κ3) is 3.72. The molecule has 7 heteroatoms. The van der Waals surface area contributed by atoms with E-state index in [2.05, 4.69) is 10.4 Å². The highest BCUT2D eigenvalue weighted by Crippen LogP contribution is 2.20. The Morgan fingerprint density at radius 3 is 2.40 bits per heavy atom. The van der Waals surface area contributed by atoms with Crippen molar-refractivity contribution in [2.45, 2.75) is 6.10 Å². The van der Waals surface area contributed by atoms with Crippen molar-refractivity contribution in [1.29, 1.82) is 0 Å². The summed E-state index contributed by atoms with van der Waals surface area (Å²) in [5.74, 6) is -2.17. The van der Waals surface area contributed by atoms with Gasteiger partial charge in [-0.25, -0.2) is 13.5 Å². The standard InChI is InChI=1S/C18H15F2N3O2/c19-14-3-1-4-15(20)17(14)16(24)11-21-18(25)12-5-7-13(8-6-12)23-10-2-9-22-23/h1-10,16,24H,11H2,(H,21,25). The van der Waals surface area contributed by atoms with Crippen LogP contribution in [-0.2, 0) is 0 Å². The molecule has 0 radical (unpaired) electrons. The molecule has 1 heterocycles. The zero-order chi connectivity index (χ0) is 17.8. The van der Waals surface area contributed by atoms with Gasteiger partial charge in [0.15, 0.2) is 0 Å². The van der Waals surface area contributed by atoms with Gasteiger partial charge in [-0.1, -0.05) is 6.07 Å². The molecule has 1 aromatic heterocycles. The number of benzene rings is 2. The number of aliphatic hydroxyl groups is 1. The van der Waals surface area contributed by atoms with E-state index in [-0.39, 0.29) is 6.54 Å². The van der Waals surface area contributed by atoms with Gasteiger partial charge in [0, 0.05) is 24.5 Å². The van der Waals surface area contributed by atoms with Crippen LogP contribution in [0.2, 0.25) is 0 Å². The van der Waals surface area contributed by atoms with Crippen LogP contribution in [0.1, 0.15) is 22.0 Å². The monoisotopic (exact) mass is 343 g/mol. The van der Waals surface area contributed by atoms with Gasteiger partial charge in [-0.15, -0.1) is 0 Å². The highest BCUT2D eigenvalue weighted by Gasteiger charge is 2.18. The summed E-state index contributed by atoms with van der Waals surface area (Å²) in [4.78, 5) is 12.1. The number of nitrogens with one attached hydrogen (secondary N) is 1. The van der Waals surface area contributed by atoms with Crippen molar-refractivity contribution in [2.24, 2.45) is 0 Å². The molecule has 128 valence electrons. The number of aromatic nitrogens is 2. The van der Waals surface area contributed by atoms with Gasteiger partial charge in [-0.2, -0.15) is 5.10 Å². The smallest absolute Gasteiger partial charge is 0.251 e. The molecule has 0 fully saturated rings. The van der Waals surface area contributed by atoms with Crippen LogP contribution in [-0.4, -0.2) is 27.3 Å². The van der Waals surface area contributed by atoms with E-state index in [0.29, 0.717) is 5.56 Å². The van der Waals surface area contributed by atoms with Crippen LogP contribution in [0.4, 0.5) is 8.78 Å². The number of hydrogen-bond donors (Lipinski definition) is 2. The predicted molar refractivity (Wildman–Crippen MR) is 87.2 cm³/mol. The Morgan fingerprint density at radius 1 is 1.12 bits per heavy atom. The van der Waals surface area contributed by atoms with Crippen molar-refractivity contribution >= 4 is 5.91 Å². The van der Waals surface area contributed by atoms with Gasteiger partial charge < -0.3 is 10.4 Å². The van der Waals surface area contributed by atoms with Crippen molar-refractivity contribution in [3.05, 3.63) is 83.7 Å². The maximum Gasteiger partial charge on any atom is 0.251 e. The number of carbonyl (C=O) groups is 1. The minimum absolute atomic E-state index is 0.308. The summed E-state index contributed by atoms with van der Waals surface area (Å²) in [6.07, 6.45) is 1.94. The summed E-state index contributed by atoms with van der Waals surface area (Å²) in [7, 11) is 0. The van der Waals surface area contributed by atoms with Crippen LogP contribution in [0, 0.1) is 11.6 Å². The average molecular weight is 343 g/mol. The van der Waals surface area contributed by atoms with Crippen LogP contribution in [0.5, 0.6) is 0 Å². The van der Waals surface area contributed by atoms with E-state index >= 15 is 0 Å². The van der Waals surface area contributed by atoms with Gasteiger partial charge in [-0.3, -0.25) is 4.79 Å². The Balaban J connectivity index is 1.64. The molecule has 25 heavy (non-hydrogen) atoms. The molecule has 5 nitrogen and oxygen atoms in total. The molecule has 0 bridgehead atoms. The number of carbonyl (C=O) groups excluding carboxylic acids is 1. The quantitative estimate of drug-likeness (QED) is 0.748. The minimum atomic E-state index is -1.48. The lowest BCUT2D eigenvalue weighted by Gasteiger charge is -2.14. The number of hydrogen-bond acceptors (Lipinski definition) is 3. The minimum Gasteiger partial charge on any atom is -0.386 e. The van der Waals surface area contributed by atoms with E-state index in [1.165, 1.54) is 6.07 Å². The number of nitrogens with zero attached hydrogens (tertiary/aromatic N) is 2. The molecule has 0 saturated carbocycles. The van der Waals surface area contributed by atoms with Crippen molar-refractivity contribution in [3.63, 3.8) is 0 Å². The molecule has 2 aromatic carbocycles. The van der Waals surface area contributed by atoms with E-state index in [1.807, 2.05) is 0 Å². The van der Waals surface area contributed by atoms with E-state index in [0.717, 1.165) is 17.8 Å². The highest BCUT2D eigenvalue weighted by molar-refractivity contribution is 5.94. The molecule has 3 aromatic rings. The maximum atomic E-state index is 13.6. The SMILES string of the molecule is O=C(NCC(O)c1c(F)cccc1F)c1ccc(-n2cccn2)cc1. The molecule has 0 spiro atoms. The van der Waals surface area contributed by atoms with Crippen LogP contribution < -0.4 is 5.32 Å². The molecule has 0 saturated heterocycles. The van der Waals surface area contributed by atoms with Crippen molar-refractivity contribution in [2.75, 3.05) is 6.54 Å². The lowest BCUT2D eigenvalue weighted by atomic mass is 10.1. The summed E-state index contributed by atoms with van der Waals surface area (Å²) in [6, 6.07) is 11.7. The Morgan fingerprint density at radius 2 is 1.80 bits per heavy atom. The van der Waals surface area contributed by atoms with Gasteiger partial charge in [0.25, 0.3) is 5.91 Å². The fourth-order valence-corrected chi connectivity index (χ4v) is 2.41. The van der Waals surface area contributed by atoms with Gasteiger partial charge in [-0.05, 0) is 42.5 Å². The fraction of sp³-hybridized carbons (Fsp3) is 0.111. The summed E-state index contributed by atoms with van der Waals surface area (Å²) < 4.78 is 28.9. The van der Waals surface area contributed by atoms with Crippen molar-refractivity contribution in [1.82, 2.24) is 15.1 Å². The Hall–Kier alpha value is -3.06. The average Bonchev–Trinajstić information content (AvgIpc) is 3.14. The normalized spacial score (nSPS) is 12.0. The van der Waals surface area contributed by atoms with E-state index in [9.17, 15) is 18.7 Å². The molecular formula is C18H15F2N3O2. The van der Waals surface area contributed by atoms with Crippen molar-refractivity contribution in [3.8, 4) is 5.69 Å².